The van der Waals surface area contributed by atoms with E-state index in [1.54, 1.807) is 12.1 Å². The number of hydrogen-bond donors (Lipinski definition) is 1. The Bertz CT molecular complexity index is 456. The molecule has 1 aliphatic heterocycles. The molecule has 0 radical (unpaired) electrons. The van der Waals surface area contributed by atoms with E-state index in [-0.39, 0.29) is 5.78 Å². The summed E-state index contributed by atoms with van der Waals surface area (Å²) in [6.45, 7) is 2.74. The van der Waals surface area contributed by atoms with E-state index in [1.165, 1.54) is 0 Å². The Hall–Kier alpha value is -1.84. The first-order valence-electron chi connectivity index (χ1n) is 6.27. The van der Waals surface area contributed by atoms with Crippen LogP contribution >= 0.6 is 0 Å². The Balaban J connectivity index is 2.05. The van der Waals surface area contributed by atoms with Crippen molar-refractivity contribution in [1.82, 2.24) is 0 Å². The predicted molar refractivity (Wildman–Crippen MR) is 68.6 cm³/mol. The average Bonchev–Trinajstić information content (AvgIpc) is 2.39. The summed E-state index contributed by atoms with van der Waals surface area (Å²) in [5, 5.41) is 3.09. The number of para-hydroxylation sites is 1. The molecule has 0 saturated heterocycles. The van der Waals surface area contributed by atoms with Crippen LogP contribution in [0.4, 0.5) is 5.69 Å². The van der Waals surface area contributed by atoms with Crippen molar-refractivity contribution in [3.8, 4) is 0 Å². The second-order valence-electron chi connectivity index (χ2n) is 4.36. The van der Waals surface area contributed by atoms with Crippen LogP contribution in [0.3, 0.4) is 0 Å². The highest BCUT2D eigenvalue weighted by Gasteiger charge is 2.33. The Kier molecular flexibility index (Phi) is 3.97. The van der Waals surface area contributed by atoms with Crippen LogP contribution in [0.25, 0.3) is 0 Å². The van der Waals surface area contributed by atoms with E-state index in [1.807, 2.05) is 19.1 Å². The summed E-state index contributed by atoms with van der Waals surface area (Å²) in [5.74, 6) is -1.28. The van der Waals surface area contributed by atoms with E-state index >= 15 is 0 Å². The highest BCUT2D eigenvalue weighted by atomic mass is 16.5. The quantitative estimate of drug-likeness (QED) is 0.503. The van der Waals surface area contributed by atoms with Crippen LogP contribution in [0.15, 0.2) is 24.3 Å². The summed E-state index contributed by atoms with van der Waals surface area (Å²) in [5.41, 5.74) is 1.36. The maximum Gasteiger partial charge on any atom is 0.318 e. The van der Waals surface area contributed by atoms with Gasteiger partial charge in [-0.05, 0) is 18.6 Å². The lowest BCUT2D eigenvalue weighted by Gasteiger charge is -2.23. The van der Waals surface area contributed by atoms with Gasteiger partial charge in [0.25, 0.3) is 0 Å². The van der Waals surface area contributed by atoms with Crippen LogP contribution in [0.2, 0.25) is 0 Å². The molecule has 2 rings (SSSR count). The molecule has 96 valence electrons. The van der Waals surface area contributed by atoms with Crippen LogP contribution in [0.5, 0.6) is 0 Å². The number of unbranched alkanes of at least 4 members (excludes halogenated alkanes) is 1. The van der Waals surface area contributed by atoms with Crippen LogP contribution in [-0.4, -0.2) is 24.9 Å². The molecule has 1 aliphatic rings. The first-order chi connectivity index (χ1) is 8.74. The second-order valence-corrected chi connectivity index (χ2v) is 4.36. The van der Waals surface area contributed by atoms with E-state index in [2.05, 4.69) is 5.32 Å². The first kappa shape index (κ1) is 12.6. The topological polar surface area (TPSA) is 55.4 Å². The molecule has 4 heteroatoms. The predicted octanol–water partition coefficient (Wildman–Crippen LogP) is 2.25. The summed E-state index contributed by atoms with van der Waals surface area (Å²) in [6, 6.07) is 7.23. The van der Waals surface area contributed by atoms with Crippen molar-refractivity contribution in [2.75, 3.05) is 18.5 Å². The van der Waals surface area contributed by atoms with Crippen molar-refractivity contribution in [3.05, 3.63) is 29.8 Å². The van der Waals surface area contributed by atoms with Gasteiger partial charge in [-0.3, -0.25) is 9.59 Å². The first-order valence-corrected chi connectivity index (χ1v) is 6.27. The molecule has 0 saturated carbocycles. The molecular formula is C14H17NO3. The lowest BCUT2D eigenvalue weighted by molar-refractivity contribution is -0.146. The van der Waals surface area contributed by atoms with E-state index in [4.69, 9.17) is 4.74 Å². The minimum atomic E-state index is -0.711. The largest absolute Gasteiger partial charge is 0.465 e. The van der Waals surface area contributed by atoms with E-state index in [0.29, 0.717) is 18.7 Å². The lowest BCUT2D eigenvalue weighted by Crippen LogP contribution is -2.36. The van der Waals surface area contributed by atoms with E-state index in [9.17, 15) is 9.59 Å². The molecule has 4 nitrogen and oxygen atoms in total. The van der Waals surface area contributed by atoms with Crippen molar-refractivity contribution in [3.63, 3.8) is 0 Å². The van der Waals surface area contributed by atoms with Crippen molar-refractivity contribution in [2.45, 2.75) is 19.8 Å². The van der Waals surface area contributed by atoms with E-state index < -0.39 is 11.9 Å². The highest BCUT2D eigenvalue weighted by molar-refractivity contribution is 6.13. The number of benzene rings is 1. The summed E-state index contributed by atoms with van der Waals surface area (Å²) >= 11 is 0. The maximum atomic E-state index is 12.2. The van der Waals surface area contributed by atoms with Crippen LogP contribution in [0.1, 0.15) is 30.1 Å². The van der Waals surface area contributed by atoms with Gasteiger partial charge < -0.3 is 10.1 Å². The number of nitrogens with one attached hydrogen (secondary N) is 1. The molecule has 1 aromatic rings. The smallest absolute Gasteiger partial charge is 0.318 e. The van der Waals surface area contributed by atoms with Gasteiger partial charge in [-0.15, -0.1) is 0 Å². The number of esters is 1. The van der Waals surface area contributed by atoms with Gasteiger partial charge in [0.1, 0.15) is 5.92 Å². The van der Waals surface area contributed by atoms with Gasteiger partial charge in [-0.25, -0.2) is 0 Å². The fourth-order valence-electron chi connectivity index (χ4n) is 1.95. The van der Waals surface area contributed by atoms with Crippen LogP contribution in [0, 0.1) is 5.92 Å². The zero-order chi connectivity index (χ0) is 13.0. The zero-order valence-corrected chi connectivity index (χ0v) is 10.4. The fourth-order valence-corrected chi connectivity index (χ4v) is 1.95. The number of ether oxygens (including phenoxy) is 1. The molecule has 1 atom stereocenters. The molecule has 18 heavy (non-hydrogen) atoms. The number of anilines is 1. The summed E-state index contributed by atoms with van der Waals surface area (Å²) in [7, 11) is 0. The van der Waals surface area contributed by atoms with E-state index in [0.717, 1.165) is 18.5 Å². The number of carbonyl (C=O) groups is 2. The third-order valence-electron chi connectivity index (χ3n) is 3.03. The van der Waals surface area contributed by atoms with Crippen molar-refractivity contribution >= 4 is 17.4 Å². The number of Topliss-reactive ketones (excluding diaryl/α,β-unsaturated/α-hetero) is 1. The third-order valence-corrected chi connectivity index (χ3v) is 3.03. The number of fused-ring (bicyclic) bond motifs is 1. The Labute approximate surface area is 106 Å². The van der Waals surface area contributed by atoms with Gasteiger partial charge >= 0.3 is 5.97 Å². The van der Waals surface area contributed by atoms with Gasteiger partial charge in [0, 0.05) is 17.8 Å². The number of rotatable bonds is 4. The Morgan fingerprint density at radius 1 is 1.44 bits per heavy atom. The minimum Gasteiger partial charge on any atom is -0.465 e. The summed E-state index contributed by atoms with van der Waals surface area (Å²) in [6.07, 6.45) is 1.80. The monoisotopic (exact) mass is 247 g/mol. The summed E-state index contributed by atoms with van der Waals surface area (Å²) in [4.78, 5) is 24.0. The average molecular weight is 247 g/mol. The third kappa shape index (κ3) is 2.53. The normalized spacial score (nSPS) is 17.8. The van der Waals surface area contributed by atoms with Gasteiger partial charge in [0.15, 0.2) is 5.78 Å². The van der Waals surface area contributed by atoms with Crippen molar-refractivity contribution < 1.29 is 14.3 Å². The molecule has 0 spiro atoms. The SMILES string of the molecule is CCCCOC(=O)C1CNc2ccccc2C1=O. The Morgan fingerprint density at radius 2 is 2.22 bits per heavy atom. The summed E-state index contributed by atoms with van der Waals surface area (Å²) < 4.78 is 5.11. The molecule has 0 aromatic heterocycles. The molecule has 0 bridgehead atoms. The molecule has 1 unspecified atom stereocenters. The standard InChI is InChI=1S/C14H17NO3/c1-2-3-8-18-14(17)11-9-15-12-7-5-4-6-10(12)13(11)16/h4-7,11,15H,2-3,8-9H2,1H3. The zero-order valence-electron chi connectivity index (χ0n) is 10.4. The highest BCUT2D eigenvalue weighted by Crippen LogP contribution is 2.24. The van der Waals surface area contributed by atoms with Gasteiger partial charge in [-0.2, -0.15) is 0 Å². The molecule has 1 aromatic carbocycles. The minimum absolute atomic E-state index is 0.147. The molecule has 0 amide bonds. The number of hydrogen-bond acceptors (Lipinski definition) is 4. The lowest BCUT2D eigenvalue weighted by atomic mass is 9.92. The fraction of sp³-hybridized carbons (Fsp3) is 0.429. The second kappa shape index (κ2) is 5.67. The van der Waals surface area contributed by atoms with Gasteiger partial charge in [0.05, 0.1) is 6.61 Å². The molecule has 1 heterocycles. The Morgan fingerprint density at radius 3 is 3.00 bits per heavy atom. The molecule has 1 N–H and O–H groups in total. The number of carbonyl (C=O) groups excluding carboxylic acids is 2. The van der Waals surface area contributed by atoms with Gasteiger partial charge in [0.2, 0.25) is 0 Å². The molecule has 0 fully saturated rings. The van der Waals surface area contributed by atoms with Crippen molar-refractivity contribution in [1.29, 1.82) is 0 Å². The van der Waals surface area contributed by atoms with Crippen LogP contribution in [-0.2, 0) is 9.53 Å². The van der Waals surface area contributed by atoms with Gasteiger partial charge in [-0.1, -0.05) is 25.5 Å². The number of ketones is 1. The molecular weight excluding hydrogens is 230 g/mol. The van der Waals surface area contributed by atoms with Crippen molar-refractivity contribution in [2.24, 2.45) is 5.92 Å². The van der Waals surface area contributed by atoms with Crippen LogP contribution < -0.4 is 5.32 Å². The molecule has 0 aliphatic carbocycles. The maximum absolute atomic E-state index is 12.2.